The van der Waals surface area contributed by atoms with E-state index in [1.165, 1.54) is 29.2 Å². The second-order valence-corrected chi connectivity index (χ2v) is 6.97. The van der Waals surface area contributed by atoms with Crippen molar-refractivity contribution in [3.8, 4) is 17.2 Å². The van der Waals surface area contributed by atoms with Gasteiger partial charge in [0.15, 0.2) is 11.5 Å². The number of fused-ring (bicyclic) bond motifs is 5. The van der Waals surface area contributed by atoms with Crippen LogP contribution in [0.3, 0.4) is 0 Å². The topological polar surface area (TPSA) is 55.8 Å². The van der Waals surface area contributed by atoms with Crippen LogP contribution in [0.2, 0.25) is 0 Å². The maximum atomic E-state index is 11.3. The van der Waals surface area contributed by atoms with Crippen molar-refractivity contribution in [1.82, 2.24) is 0 Å². The van der Waals surface area contributed by atoms with Gasteiger partial charge in [-0.05, 0) is 84.0 Å². The number of hydrogen-bond acceptors (Lipinski definition) is 4. The fourth-order valence-corrected chi connectivity index (χ4v) is 4.51. The third kappa shape index (κ3) is 2.76. The first-order valence-corrected chi connectivity index (χ1v) is 8.78. The second-order valence-electron chi connectivity index (χ2n) is 6.97. The maximum absolute atomic E-state index is 11.3. The summed E-state index contributed by atoms with van der Waals surface area (Å²) < 4.78 is 10.8. The third-order valence-corrected chi connectivity index (χ3v) is 5.54. The number of methoxy groups -OCH3 is 1. The lowest BCUT2D eigenvalue weighted by Crippen LogP contribution is -2.25. The van der Waals surface area contributed by atoms with Crippen LogP contribution in [0.1, 0.15) is 53.9 Å². The highest BCUT2D eigenvalue weighted by Crippen LogP contribution is 2.51. The molecule has 130 valence electrons. The number of aryl methyl sites for hydroxylation is 2. The molecular weight excluding hydrogens is 316 g/mol. The molecule has 1 N–H and O–H groups in total. The molecule has 4 nitrogen and oxygen atoms in total. The summed E-state index contributed by atoms with van der Waals surface area (Å²) >= 11 is 0. The van der Waals surface area contributed by atoms with Gasteiger partial charge in [-0.3, -0.25) is 4.79 Å². The van der Waals surface area contributed by atoms with Gasteiger partial charge in [0, 0.05) is 6.92 Å². The zero-order valence-corrected chi connectivity index (χ0v) is 14.5. The van der Waals surface area contributed by atoms with Crippen LogP contribution >= 0.6 is 0 Å². The Kier molecular flexibility index (Phi) is 3.91. The van der Waals surface area contributed by atoms with Crippen LogP contribution in [0.4, 0.5) is 0 Å². The summed E-state index contributed by atoms with van der Waals surface area (Å²) in [6.45, 7) is 1.41. The van der Waals surface area contributed by atoms with Gasteiger partial charge in [-0.25, -0.2) is 0 Å². The van der Waals surface area contributed by atoms with Crippen LogP contribution in [0.15, 0.2) is 30.3 Å². The molecule has 4 rings (SSSR count). The van der Waals surface area contributed by atoms with Gasteiger partial charge in [-0.1, -0.05) is 6.07 Å². The molecule has 0 saturated carbocycles. The zero-order chi connectivity index (χ0) is 17.6. The highest BCUT2D eigenvalue weighted by molar-refractivity contribution is 5.71. The summed E-state index contributed by atoms with van der Waals surface area (Å²) in [6.07, 6.45) is 4.05. The Morgan fingerprint density at radius 1 is 1.00 bits per heavy atom. The molecular formula is C21H22O4. The van der Waals surface area contributed by atoms with Gasteiger partial charge < -0.3 is 14.6 Å². The maximum Gasteiger partial charge on any atom is 0.308 e. The van der Waals surface area contributed by atoms with E-state index in [4.69, 9.17) is 9.47 Å². The molecule has 0 saturated heterocycles. The number of rotatable bonds is 2. The summed E-state index contributed by atoms with van der Waals surface area (Å²) in [5.41, 5.74) is 5.19. The van der Waals surface area contributed by atoms with Crippen molar-refractivity contribution in [2.24, 2.45) is 0 Å². The molecule has 0 fully saturated rings. The number of ether oxygens (including phenoxy) is 2. The summed E-state index contributed by atoms with van der Waals surface area (Å²) in [5.74, 6) is 2.06. The molecule has 2 aliphatic rings. The second kappa shape index (κ2) is 6.10. The number of phenols is 1. The summed E-state index contributed by atoms with van der Waals surface area (Å²) in [5, 5.41) is 9.75. The minimum atomic E-state index is -0.335. The molecule has 2 aliphatic carbocycles. The molecule has 0 spiro atoms. The first kappa shape index (κ1) is 16.0. The van der Waals surface area contributed by atoms with Crippen molar-refractivity contribution in [3.63, 3.8) is 0 Å². The van der Waals surface area contributed by atoms with Crippen LogP contribution in [-0.4, -0.2) is 18.2 Å². The fourth-order valence-electron chi connectivity index (χ4n) is 4.51. The normalized spacial score (nSPS) is 20.9. The molecule has 0 heterocycles. The third-order valence-electron chi connectivity index (χ3n) is 5.54. The molecule has 2 atom stereocenters. The molecule has 0 bridgehead atoms. The lowest BCUT2D eigenvalue weighted by Gasteiger charge is -2.39. The number of carbonyl (C=O) groups excluding carboxylic acids is 1. The van der Waals surface area contributed by atoms with Gasteiger partial charge in [-0.2, -0.15) is 0 Å². The van der Waals surface area contributed by atoms with Crippen molar-refractivity contribution in [3.05, 3.63) is 52.6 Å². The molecule has 0 aliphatic heterocycles. The standard InChI is InChI=1S/C21H22O4/c1-12(22)25-21-10-14-4-6-17-16-8-5-15(23)9-13(16)3-7-18(17)19(14)11-20(21)24-2/h5,8-11,17-18,23H,3-4,6-7H2,1-2H3/t17-,18-/m0/s1. The Balaban J connectivity index is 1.75. The van der Waals surface area contributed by atoms with Gasteiger partial charge in [0.25, 0.3) is 0 Å². The molecule has 2 aromatic rings. The van der Waals surface area contributed by atoms with E-state index in [2.05, 4.69) is 12.1 Å². The van der Waals surface area contributed by atoms with Crippen LogP contribution in [0.5, 0.6) is 17.2 Å². The number of esters is 1. The van der Waals surface area contributed by atoms with Gasteiger partial charge in [0.2, 0.25) is 0 Å². The van der Waals surface area contributed by atoms with Crippen molar-refractivity contribution in [2.75, 3.05) is 7.11 Å². The van der Waals surface area contributed by atoms with Crippen LogP contribution < -0.4 is 9.47 Å². The average Bonchev–Trinajstić information content (AvgIpc) is 2.59. The minimum absolute atomic E-state index is 0.335. The molecule has 0 radical (unpaired) electrons. The fraction of sp³-hybridized carbons (Fsp3) is 0.381. The van der Waals surface area contributed by atoms with E-state index in [1.807, 2.05) is 12.1 Å². The first-order valence-electron chi connectivity index (χ1n) is 8.78. The van der Waals surface area contributed by atoms with E-state index in [1.54, 1.807) is 13.2 Å². The SMILES string of the molecule is COc1cc2c(cc1OC(C)=O)CC[C@H]1c3ccc(O)cc3CC[C@H]21. The molecule has 4 heteroatoms. The Morgan fingerprint density at radius 2 is 1.68 bits per heavy atom. The minimum Gasteiger partial charge on any atom is -0.508 e. The summed E-state index contributed by atoms with van der Waals surface area (Å²) in [6, 6.07) is 9.80. The number of carbonyl (C=O) groups is 1. The van der Waals surface area contributed by atoms with Crippen molar-refractivity contribution < 1.29 is 19.4 Å². The quantitative estimate of drug-likeness (QED) is 0.662. The highest BCUT2D eigenvalue weighted by Gasteiger charge is 2.35. The van der Waals surface area contributed by atoms with Crippen LogP contribution in [0, 0.1) is 0 Å². The predicted octanol–water partition coefficient (Wildman–Crippen LogP) is 4.09. The largest absolute Gasteiger partial charge is 0.508 e. The van der Waals surface area contributed by atoms with E-state index >= 15 is 0 Å². The Labute approximate surface area is 147 Å². The lowest BCUT2D eigenvalue weighted by molar-refractivity contribution is -0.132. The summed E-state index contributed by atoms with van der Waals surface area (Å²) in [4.78, 5) is 11.3. The number of benzene rings is 2. The lowest BCUT2D eigenvalue weighted by atomic mass is 9.66. The average molecular weight is 338 g/mol. The molecule has 0 amide bonds. The Morgan fingerprint density at radius 3 is 2.36 bits per heavy atom. The summed E-state index contributed by atoms with van der Waals surface area (Å²) in [7, 11) is 1.61. The zero-order valence-electron chi connectivity index (χ0n) is 14.5. The van der Waals surface area contributed by atoms with Crippen LogP contribution in [-0.2, 0) is 17.6 Å². The Bertz CT molecular complexity index is 840. The van der Waals surface area contributed by atoms with Gasteiger partial charge in [-0.15, -0.1) is 0 Å². The number of aromatic hydroxyl groups is 1. The van der Waals surface area contributed by atoms with E-state index in [9.17, 15) is 9.90 Å². The molecule has 0 unspecified atom stereocenters. The van der Waals surface area contributed by atoms with Gasteiger partial charge in [0.1, 0.15) is 5.75 Å². The van der Waals surface area contributed by atoms with Crippen LogP contribution in [0.25, 0.3) is 0 Å². The van der Waals surface area contributed by atoms with E-state index in [-0.39, 0.29) is 5.97 Å². The van der Waals surface area contributed by atoms with Crippen molar-refractivity contribution >= 4 is 5.97 Å². The molecule has 2 aromatic carbocycles. The van der Waals surface area contributed by atoms with Crippen molar-refractivity contribution in [1.29, 1.82) is 0 Å². The van der Waals surface area contributed by atoms with E-state index in [0.29, 0.717) is 29.1 Å². The van der Waals surface area contributed by atoms with E-state index in [0.717, 1.165) is 25.7 Å². The Hall–Kier alpha value is -2.49. The number of hydrogen-bond donors (Lipinski definition) is 1. The highest BCUT2D eigenvalue weighted by atomic mass is 16.6. The predicted molar refractivity (Wildman–Crippen MR) is 94.5 cm³/mol. The molecule has 0 aromatic heterocycles. The van der Waals surface area contributed by atoms with Gasteiger partial charge >= 0.3 is 5.97 Å². The monoisotopic (exact) mass is 338 g/mol. The smallest absolute Gasteiger partial charge is 0.308 e. The number of phenolic OH excluding ortho intramolecular Hbond substituents is 1. The molecule has 25 heavy (non-hydrogen) atoms. The first-order chi connectivity index (χ1) is 12.1. The van der Waals surface area contributed by atoms with E-state index < -0.39 is 0 Å². The van der Waals surface area contributed by atoms with Crippen molar-refractivity contribution in [2.45, 2.75) is 44.4 Å². The van der Waals surface area contributed by atoms with Gasteiger partial charge in [0.05, 0.1) is 7.11 Å².